The van der Waals surface area contributed by atoms with Gasteiger partial charge in [0, 0.05) is 18.4 Å². The molecule has 3 nitrogen and oxygen atoms in total. The molecule has 0 aliphatic rings. The molecule has 0 unspecified atom stereocenters. The van der Waals surface area contributed by atoms with Gasteiger partial charge in [0.15, 0.2) is 8.32 Å². The third-order valence-corrected chi connectivity index (χ3v) is 17.0. The molecule has 188 valence electrons. The summed E-state index contributed by atoms with van der Waals surface area (Å²) in [6, 6.07) is 21.4. The highest BCUT2D eigenvalue weighted by atomic mass is 28.4. The molecular weight excluding hydrogens is 452 g/mol. The van der Waals surface area contributed by atoms with Gasteiger partial charge < -0.3 is 13.6 Å². The van der Waals surface area contributed by atoms with Gasteiger partial charge in [-0.2, -0.15) is 0 Å². The maximum Gasteiger partial charge on any atom is 0.261 e. The zero-order chi connectivity index (χ0) is 25.8. The fourth-order valence-corrected chi connectivity index (χ4v) is 10.6. The topological polar surface area (TPSA) is 35.5 Å². The maximum atomic E-state index is 11.9. The first-order chi connectivity index (χ1) is 15.7. The Bertz CT molecular complexity index is 859. The molecule has 2 rings (SSSR count). The Labute approximate surface area is 210 Å². The van der Waals surface area contributed by atoms with Gasteiger partial charge in [-0.3, -0.25) is 0 Å². The predicted molar refractivity (Wildman–Crippen MR) is 150 cm³/mol. The molecular formula is C29H46O3Si2. The molecule has 34 heavy (non-hydrogen) atoms. The number of hydrogen-bond donors (Lipinski definition) is 0. The third kappa shape index (κ3) is 6.17. The molecule has 0 aliphatic carbocycles. The maximum absolute atomic E-state index is 11.9. The van der Waals surface area contributed by atoms with Crippen LogP contribution in [-0.4, -0.2) is 35.6 Å². The van der Waals surface area contributed by atoms with E-state index < -0.39 is 16.6 Å². The van der Waals surface area contributed by atoms with Crippen LogP contribution in [0, 0.1) is 11.8 Å². The third-order valence-electron chi connectivity index (χ3n) is 7.51. The molecule has 2 aromatic rings. The first-order valence-electron chi connectivity index (χ1n) is 12.6. The fraction of sp³-hybridized carbons (Fsp3) is 0.552. The van der Waals surface area contributed by atoms with E-state index in [1.807, 2.05) is 6.92 Å². The largest absolute Gasteiger partial charge is 0.413 e. The van der Waals surface area contributed by atoms with Crippen molar-refractivity contribution in [3.05, 3.63) is 60.7 Å². The zero-order valence-electron chi connectivity index (χ0n) is 23.0. The summed E-state index contributed by atoms with van der Waals surface area (Å²) >= 11 is 0. The summed E-state index contributed by atoms with van der Waals surface area (Å²) in [6.07, 6.45) is 0.869. The van der Waals surface area contributed by atoms with Crippen LogP contribution in [0.1, 0.15) is 55.4 Å². The average Bonchev–Trinajstić information content (AvgIpc) is 2.77. The van der Waals surface area contributed by atoms with Crippen molar-refractivity contribution in [3.63, 3.8) is 0 Å². The molecule has 3 atom stereocenters. The first-order valence-corrected chi connectivity index (χ1v) is 17.4. The SMILES string of the molecule is C[C@@H](C=O)[C@H](O[Si](C)(C)C(C)(C)C)[C@@H](C)CO[Si](c1ccccc1)(c1ccccc1)C(C)(C)C. The Balaban J connectivity index is 2.48. The Hall–Kier alpha value is -1.54. The van der Waals surface area contributed by atoms with E-state index in [-0.39, 0.29) is 28.0 Å². The van der Waals surface area contributed by atoms with Gasteiger partial charge in [-0.1, -0.05) is 116 Å². The lowest BCUT2D eigenvalue weighted by molar-refractivity contribution is -0.114. The highest BCUT2D eigenvalue weighted by molar-refractivity contribution is 6.99. The van der Waals surface area contributed by atoms with Crippen LogP contribution in [0.2, 0.25) is 23.2 Å². The standard InChI is InChI=1S/C29H46O3Si2/c1-23(21-30)27(32-33(9,10)28(3,4)5)24(2)22-31-34(29(6,7)8,25-17-13-11-14-18-25)26-19-15-12-16-20-26/h11-21,23-24,27H,22H2,1-10H3/t23-,24-,27-/m0/s1. The van der Waals surface area contributed by atoms with Crippen molar-refractivity contribution in [2.45, 2.75) is 84.7 Å². The zero-order valence-corrected chi connectivity index (χ0v) is 25.0. The fourth-order valence-electron chi connectivity index (χ4n) is 4.45. The van der Waals surface area contributed by atoms with Gasteiger partial charge in [-0.25, -0.2) is 0 Å². The smallest absolute Gasteiger partial charge is 0.261 e. The summed E-state index contributed by atoms with van der Waals surface area (Å²) in [5.41, 5.74) is 0. The Kier molecular flexibility index (Phi) is 9.31. The van der Waals surface area contributed by atoms with Gasteiger partial charge in [0.05, 0.1) is 6.10 Å². The van der Waals surface area contributed by atoms with E-state index in [0.29, 0.717) is 6.61 Å². The Morgan fingerprint density at radius 1 is 0.794 bits per heavy atom. The van der Waals surface area contributed by atoms with Crippen molar-refractivity contribution >= 4 is 33.3 Å². The second-order valence-electron chi connectivity index (χ2n) is 12.3. The van der Waals surface area contributed by atoms with Crippen LogP contribution in [0.5, 0.6) is 0 Å². The number of hydrogen-bond acceptors (Lipinski definition) is 3. The molecule has 0 radical (unpaired) electrons. The van der Waals surface area contributed by atoms with Crippen LogP contribution < -0.4 is 10.4 Å². The molecule has 0 saturated heterocycles. The molecule has 0 N–H and O–H groups in total. The summed E-state index contributed by atoms with van der Waals surface area (Å²) in [4.78, 5) is 11.9. The molecule has 2 aromatic carbocycles. The number of benzene rings is 2. The number of carbonyl (C=O) groups is 1. The molecule has 0 heterocycles. The Morgan fingerprint density at radius 2 is 1.24 bits per heavy atom. The molecule has 0 aromatic heterocycles. The molecule has 0 aliphatic heterocycles. The van der Waals surface area contributed by atoms with Crippen molar-refractivity contribution in [3.8, 4) is 0 Å². The number of aldehydes is 1. The van der Waals surface area contributed by atoms with E-state index in [4.69, 9.17) is 8.85 Å². The molecule has 0 amide bonds. The van der Waals surface area contributed by atoms with E-state index in [2.05, 4.69) is 122 Å². The van der Waals surface area contributed by atoms with Crippen LogP contribution in [0.25, 0.3) is 0 Å². The van der Waals surface area contributed by atoms with Crippen LogP contribution in [0.3, 0.4) is 0 Å². The summed E-state index contributed by atoms with van der Waals surface area (Å²) in [5, 5.41) is 2.53. The molecule has 0 fully saturated rings. The van der Waals surface area contributed by atoms with Crippen LogP contribution in [-0.2, 0) is 13.6 Å². The lowest BCUT2D eigenvalue weighted by Crippen LogP contribution is -2.67. The van der Waals surface area contributed by atoms with Gasteiger partial charge in [0.2, 0.25) is 0 Å². The summed E-state index contributed by atoms with van der Waals surface area (Å²) in [6.45, 7) is 22.8. The number of carbonyl (C=O) groups excluding carboxylic acids is 1. The van der Waals surface area contributed by atoms with Gasteiger partial charge in [-0.15, -0.1) is 0 Å². The quantitative estimate of drug-likeness (QED) is 0.280. The van der Waals surface area contributed by atoms with E-state index in [1.54, 1.807) is 0 Å². The van der Waals surface area contributed by atoms with Crippen LogP contribution in [0.15, 0.2) is 60.7 Å². The minimum Gasteiger partial charge on any atom is -0.413 e. The highest BCUT2D eigenvalue weighted by Gasteiger charge is 2.51. The summed E-state index contributed by atoms with van der Waals surface area (Å²) < 4.78 is 14.0. The normalized spacial score (nSPS) is 16.1. The molecule has 5 heteroatoms. The lowest BCUT2D eigenvalue weighted by atomic mass is 9.95. The molecule has 0 spiro atoms. The van der Waals surface area contributed by atoms with E-state index in [1.165, 1.54) is 10.4 Å². The highest BCUT2D eigenvalue weighted by Crippen LogP contribution is 2.40. The molecule has 0 saturated carbocycles. The monoisotopic (exact) mass is 498 g/mol. The van der Waals surface area contributed by atoms with E-state index in [0.717, 1.165) is 6.29 Å². The average molecular weight is 499 g/mol. The van der Waals surface area contributed by atoms with Crippen molar-refractivity contribution in [1.29, 1.82) is 0 Å². The second kappa shape index (κ2) is 11.0. The minimum absolute atomic E-state index is 0.0758. The number of rotatable bonds is 10. The first kappa shape index (κ1) is 28.7. The van der Waals surface area contributed by atoms with Crippen molar-refractivity contribution in [2.24, 2.45) is 11.8 Å². The summed E-state index contributed by atoms with van der Waals surface area (Å²) in [7, 11) is -4.68. The minimum atomic E-state index is -2.63. The summed E-state index contributed by atoms with van der Waals surface area (Å²) in [5.74, 6) is -0.108. The molecule has 0 bridgehead atoms. The van der Waals surface area contributed by atoms with Gasteiger partial charge in [0.1, 0.15) is 6.29 Å². The van der Waals surface area contributed by atoms with Crippen molar-refractivity contribution in [1.82, 2.24) is 0 Å². The van der Waals surface area contributed by atoms with Crippen LogP contribution >= 0.6 is 0 Å². The Morgan fingerprint density at radius 3 is 1.59 bits per heavy atom. The van der Waals surface area contributed by atoms with Gasteiger partial charge in [-0.05, 0) is 33.5 Å². The predicted octanol–water partition coefficient (Wildman–Crippen LogP) is 6.42. The van der Waals surface area contributed by atoms with E-state index >= 15 is 0 Å². The van der Waals surface area contributed by atoms with Gasteiger partial charge in [0.25, 0.3) is 8.32 Å². The van der Waals surface area contributed by atoms with Gasteiger partial charge >= 0.3 is 0 Å². The van der Waals surface area contributed by atoms with Crippen molar-refractivity contribution in [2.75, 3.05) is 6.61 Å². The van der Waals surface area contributed by atoms with E-state index in [9.17, 15) is 4.79 Å². The van der Waals surface area contributed by atoms with Crippen molar-refractivity contribution < 1.29 is 13.6 Å². The lowest BCUT2D eigenvalue weighted by Gasteiger charge is -2.45. The second-order valence-corrected chi connectivity index (χ2v) is 21.4. The van der Waals surface area contributed by atoms with Crippen LogP contribution in [0.4, 0.5) is 0 Å².